The molecular formula is C14H11ClFNOS. The third-order valence-corrected chi connectivity index (χ3v) is 3.06. The fraction of sp³-hybridized carbons (Fsp3) is 0.0714. The Morgan fingerprint density at radius 2 is 1.95 bits per heavy atom. The highest BCUT2D eigenvalue weighted by Gasteiger charge is 2.09. The summed E-state index contributed by atoms with van der Waals surface area (Å²) in [5, 5.41) is 0.528. The van der Waals surface area contributed by atoms with Crippen LogP contribution in [0.1, 0.15) is 11.1 Å². The normalized spacial score (nSPS) is 10.3. The van der Waals surface area contributed by atoms with Gasteiger partial charge in [-0.1, -0.05) is 29.9 Å². The maximum atomic E-state index is 13.9. The number of aryl methyl sites for hydroxylation is 1. The Balaban J connectivity index is 2.33. The van der Waals surface area contributed by atoms with Crippen LogP contribution >= 0.6 is 23.8 Å². The van der Waals surface area contributed by atoms with Crippen molar-refractivity contribution in [2.24, 2.45) is 5.73 Å². The van der Waals surface area contributed by atoms with Crippen molar-refractivity contribution in [2.75, 3.05) is 0 Å². The quantitative estimate of drug-likeness (QED) is 0.861. The van der Waals surface area contributed by atoms with E-state index in [1.807, 2.05) is 6.92 Å². The van der Waals surface area contributed by atoms with Crippen LogP contribution in [-0.4, -0.2) is 4.99 Å². The van der Waals surface area contributed by atoms with Gasteiger partial charge in [-0.15, -0.1) is 0 Å². The summed E-state index contributed by atoms with van der Waals surface area (Å²) in [6.45, 7) is 1.85. The lowest BCUT2D eigenvalue weighted by Crippen LogP contribution is -2.09. The molecule has 0 saturated carbocycles. The molecule has 0 unspecified atom stereocenters. The van der Waals surface area contributed by atoms with E-state index in [-0.39, 0.29) is 10.7 Å². The molecule has 0 spiro atoms. The van der Waals surface area contributed by atoms with Gasteiger partial charge in [-0.2, -0.15) is 0 Å². The topological polar surface area (TPSA) is 35.2 Å². The summed E-state index contributed by atoms with van der Waals surface area (Å²) in [7, 11) is 0. The van der Waals surface area contributed by atoms with E-state index in [2.05, 4.69) is 0 Å². The highest BCUT2D eigenvalue weighted by atomic mass is 35.5. The van der Waals surface area contributed by atoms with E-state index in [9.17, 15) is 4.39 Å². The Labute approximate surface area is 120 Å². The van der Waals surface area contributed by atoms with Crippen LogP contribution in [0.25, 0.3) is 0 Å². The summed E-state index contributed by atoms with van der Waals surface area (Å²) < 4.78 is 19.4. The Kier molecular flexibility index (Phi) is 4.02. The minimum atomic E-state index is -0.523. The summed E-state index contributed by atoms with van der Waals surface area (Å²) in [5.41, 5.74) is 6.76. The van der Waals surface area contributed by atoms with Crippen LogP contribution in [0.2, 0.25) is 5.02 Å². The average molecular weight is 296 g/mol. The maximum Gasteiger partial charge on any atom is 0.166 e. The first kappa shape index (κ1) is 13.8. The van der Waals surface area contributed by atoms with Crippen molar-refractivity contribution in [1.82, 2.24) is 0 Å². The van der Waals surface area contributed by atoms with Crippen molar-refractivity contribution in [3.63, 3.8) is 0 Å². The second-order valence-corrected chi connectivity index (χ2v) is 4.90. The molecule has 2 rings (SSSR count). The molecule has 0 atom stereocenters. The molecule has 0 aliphatic rings. The van der Waals surface area contributed by atoms with Crippen LogP contribution in [0.5, 0.6) is 11.5 Å². The zero-order valence-electron chi connectivity index (χ0n) is 10.1. The highest BCUT2D eigenvalue weighted by Crippen LogP contribution is 2.29. The Bertz CT molecular complexity index is 645. The molecule has 19 heavy (non-hydrogen) atoms. The zero-order chi connectivity index (χ0) is 14.0. The van der Waals surface area contributed by atoms with Gasteiger partial charge in [-0.05, 0) is 42.8 Å². The van der Waals surface area contributed by atoms with Crippen LogP contribution in [0.3, 0.4) is 0 Å². The van der Waals surface area contributed by atoms with Crippen molar-refractivity contribution >= 4 is 28.8 Å². The average Bonchev–Trinajstić information content (AvgIpc) is 2.36. The number of benzene rings is 2. The second-order valence-electron chi connectivity index (χ2n) is 4.02. The third-order valence-electron chi connectivity index (χ3n) is 2.59. The summed E-state index contributed by atoms with van der Waals surface area (Å²) in [6.07, 6.45) is 0. The number of ether oxygens (including phenoxy) is 1. The fourth-order valence-corrected chi connectivity index (χ4v) is 1.83. The fourth-order valence-electron chi connectivity index (χ4n) is 1.54. The van der Waals surface area contributed by atoms with Crippen LogP contribution in [0.4, 0.5) is 4.39 Å². The maximum absolute atomic E-state index is 13.9. The molecule has 2 N–H and O–H groups in total. The highest BCUT2D eigenvalue weighted by molar-refractivity contribution is 7.80. The van der Waals surface area contributed by atoms with Crippen molar-refractivity contribution in [3.8, 4) is 11.5 Å². The molecule has 0 bridgehead atoms. The summed E-state index contributed by atoms with van der Waals surface area (Å²) in [6, 6.07) is 9.54. The SMILES string of the molecule is Cc1ccc(Cl)cc1Oc1ccc(C(N)=S)cc1F. The van der Waals surface area contributed by atoms with Crippen molar-refractivity contribution in [2.45, 2.75) is 6.92 Å². The smallest absolute Gasteiger partial charge is 0.166 e. The van der Waals surface area contributed by atoms with Gasteiger partial charge in [-0.25, -0.2) is 4.39 Å². The van der Waals surface area contributed by atoms with Gasteiger partial charge in [0, 0.05) is 10.6 Å². The monoisotopic (exact) mass is 295 g/mol. The summed E-state index contributed by atoms with van der Waals surface area (Å²) in [5.74, 6) is 0.0875. The number of rotatable bonds is 3. The van der Waals surface area contributed by atoms with Crippen molar-refractivity contribution in [3.05, 3.63) is 58.4 Å². The van der Waals surface area contributed by atoms with Gasteiger partial charge in [0.1, 0.15) is 10.7 Å². The second kappa shape index (κ2) is 5.55. The molecule has 0 aliphatic heterocycles. The van der Waals surface area contributed by atoms with Crippen LogP contribution < -0.4 is 10.5 Å². The molecular weight excluding hydrogens is 285 g/mol. The van der Waals surface area contributed by atoms with Gasteiger partial charge in [0.15, 0.2) is 11.6 Å². The molecule has 0 fully saturated rings. The number of nitrogens with two attached hydrogens (primary N) is 1. The van der Waals surface area contributed by atoms with Gasteiger partial charge in [-0.3, -0.25) is 0 Å². The Morgan fingerprint density at radius 1 is 1.21 bits per heavy atom. The molecule has 0 aliphatic carbocycles. The lowest BCUT2D eigenvalue weighted by atomic mass is 10.2. The molecule has 0 saturated heterocycles. The molecule has 0 amide bonds. The predicted octanol–water partition coefficient (Wildman–Crippen LogP) is 4.21. The van der Waals surface area contributed by atoms with Gasteiger partial charge in [0.2, 0.25) is 0 Å². The number of hydrogen-bond donors (Lipinski definition) is 1. The van der Waals surface area contributed by atoms with Gasteiger partial charge in [0.05, 0.1) is 0 Å². The largest absolute Gasteiger partial charge is 0.454 e. The summed E-state index contributed by atoms with van der Waals surface area (Å²) in [4.78, 5) is 0.143. The zero-order valence-corrected chi connectivity index (χ0v) is 11.7. The molecule has 2 aromatic carbocycles. The number of thiocarbonyl (C=S) groups is 1. The van der Waals surface area contributed by atoms with E-state index in [1.54, 1.807) is 24.3 Å². The van der Waals surface area contributed by atoms with E-state index in [1.165, 1.54) is 12.1 Å². The lowest BCUT2D eigenvalue weighted by Gasteiger charge is -2.10. The Hall–Kier alpha value is -1.65. The first-order valence-corrected chi connectivity index (χ1v) is 6.29. The standard InChI is InChI=1S/C14H11ClFNOS/c1-8-2-4-10(15)7-13(8)18-12-5-3-9(14(17)19)6-11(12)16/h2-7H,1H3,(H2,17,19). The van der Waals surface area contributed by atoms with Crippen LogP contribution in [0.15, 0.2) is 36.4 Å². The summed E-state index contributed by atoms with van der Waals surface area (Å²) >= 11 is 10.7. The molecule has 2 nitrogen and oxygen atoms in total. The first-order chi connectivity index (χ1) is 8.97. The predicted molar refractivity (Wildman–Crippen MR) is 78.6 cm³/mol. The van der Waals surface area contributed by atoms with E-state index in [0.29, 0.717) is 16.3 Å². The van der Waals surface area contributed by atoms with Crippen LogP contribution in [0, 0.1) is 12.7 Å². The van der Waals surface area contributed by atoms with Crippen molar-refractivity contribution < 1.29 is 9.13 Å². The van der Waals surface area contributed by atoms with E-state index in [0.717, 1.165) is 5.56 Å². The van der Waals surface area contributed by atoms with Gasteiger partial charge >= 0.3 is 0 Å². The third kappa shape index (κ3) is 3.22. The Morgan fingerprint density at radius 3 is 2.58 bits per heavy atom. The molecule has 98 valence electrons. The molecule has 2 aromatic rings. The number of hydrogen-bond acceptors (Lipinski definition) is 2. The van der Waals surface area contributed by atoms with Gasteiger partial charge < -0.3 is 10.5 Å². The molecule has 5 heteroatoms. The minimum absolute atomic E-state index is 0.102. The number of halogens is 2. The van der Waals surface area contributed by atoms with Crippen molar-refractivity contribution in [1.29, 1.82) is 0 Å². The molecule has 0 radical (unpaired) electrons. The lowest BCUT2D eigenvalue weighted by molar-refractivity contribution is 0.439. The first-order valence-electron chi connectivity index (χ1n) is 5.51. The van der Waals surface area contributed by atoms with E-state index < -0.39 is 5.82 Å². The van der Waals surface area contributed by atoms with E-state index in [4.69, 9.17) is 34.3 Å². The minimum Gasteiger partial charge on any atom is -0.454 e. The van der Waals surface area contributed by atoms with E-state index >= 15 is 0 Å². The molecule has 0 heterocycles. The van der Waals surface area contributed by atoms with Crippen LogP contribution in [-0.2, 0) is 0 Å². The van der Waals surface area contributed by atoms with Gasteiger partial charge in [0.25, 0.3) is 0 Å². The molecule has 0 aromatic heterocycles.